The molecule has 1 atom stereocenters. The van der Waals surface area contributed by atoms with Crippen molar-refractivity contribution in [3.8, 4) is 6.07 Å². The number of hydrogen-bond donors (Lipinski definition) is 0. The monoisotopic (exact) mass is 194 g/mol. The number of nitriles is 1. The van der Waals surface area contributed by atoms with E-state index in [2.05, 4.69) is 0 Å². The molecule has 4 nitrogen and oxygen atoms in total. The summed E-state index contributed by atoms with van der Waals surface area (Å²) in [6.45, 7) is 3.55. The number of ether oxygens (including phenoxy) is 1. The van der Waals surface area contributed by atoms with Crippen LogP contribution in [0.25, 0.3) is 0 Å². The van der Waals surface area contributed by atoms with E-state index in [9.17, 15) is 4.79 Å². The van der Waals surface area contributed by atoms with Gasteiger partial charge in [-0.1, -0.05) is 6.92 Å². The number of carbonyl (C=O) groups is 1. The number of amides is 1. The molecule has 14 heavy (non-hydrogen) atoms. The van der Waals surface area contributed by atoms with Crippen LogP contribution in [0.1, 0.15) is 19.8 Å². The van der Waals surface area contributed by atoms with E-state index in [4.69, 9.17) is 10.00 Å². The van der Waals surface area contributed by atoms with Crippen molar-refractivity contribution in [1.82, 2.24) is 4.90 Å². The van der Waals surface area contributed by atoms with Gasteiger partial charge in [-0.3, -0.25) is 4.79 Å². The highest BCUT2D eigenvalue weighted by Crippen LogP contribution is 2.46. The van der Waals surface area contributed by atoms with Gasteiger partial charge >= 0.3 is 0 Å². The third-order valence-corrected chi connectivity index (χ3v) is 3.01. The molecule has 76 valence electrons. The standard InChI is InChI=1S/C10H14N2O2/c1-10(2-3-10)9(13)12-4-5-14-8(6-11)7-12/h8H,2-5,7H2,1H3. The maximum atomic E-state index is 11.9. The predicted octanol–water partition coefficient (Wildman–Crippen LogP) is 0.537. The number of hydrogen-bond acceptors (Lipinski definition) is 3. The van der Waals surface area contributed by atoms with E-state index in [0.29, 0.717) is 19.7 Å². The molecule has 1 heterocycles. The molecule has 0 aromatic carbocycles. The summed E-state index contributed by atoms with van der Waals surface area (Å²) >= 11 is 0. The summed E-state index contributed by atoms with van der Waals surface area (Å²) in [5, 5.41) is 8.70. The first-order chi connectivity index (χ1) is 6.65. The van der Waals surface area contributed by atoms with Crippen LogP contribution in [0.3, 0.4) is 0 Å². The van der Waals surface area contributed by atoms with Gasteiger partial charge in [-0.05, 0) is 12.8 Å². The number of carbonyl (C=O) groups excluding carboxylic acids is 1. The maximum absolute atomic E-state index is 11.9. The second-order valence-electron chi connectivity index (χ2n) is 4.30. The van der Waals surface area contributed by atoms with Gasteiger partial charge in [0.25, 0.3) is 0 Å². The fourth-order valence-electron chi connectivity index (χ4n) is 1.69. The van der Waals surface area contributed by atoms with Crippen molar-refractivity contribution < 1.29 is 9.53 Å². The molecule has 1 amide bonds. The van der Waals surface area contributed by atoms with Crippen molar-refractivity contribution >= 4 is 5.91 Å². The number of rotatable bonds is 1. The Bertz CT molecular complexity index is 291. The molecular weight excluding hydrogens is 180 g/mol. The van der Waals surface area contributed by atoms with Gasteiger partial charge in [-0.15, -0.1) is 0 Å². The Morgan fingerprint density at radius 1 is 1.64 bits per heavy atom. The summed E-state index contributed by atoms with van der Waals surface area (Å²) in [4.78, 5) is 13.7. The van der Waals surface area contributed by atoms with Gasteiger partial charge in [0.2, 0.25) is 5.91 Å². The van der Waals surface area contributed by atoms with Gasteiger partial charge in [-0.2, -0.15) is 5.26 Å². The quantitative estimate of drug-likeness (QED) is 0.612. The molecular formula is C10H14N2O2. The average molecular weight is 194 g/mol. The SMILES string of the molecule is CC1(C(=O)N2CCOC(C#N)C2)CC1. The highest BCUT2D eigenvalue weighted by Gasteiger charge is 2.47. The minimum Gasteiger partial charge on any atom is -0.360 e. The molecule has 0 bridgehead atoms. The van der Waals surface area contributed by atoms with E-state index in [1.165, 1.54) is 0 Å². The van der Waals surface area contributed by atoms with Crippen LogP contribution in [0.15, 0.2) is 0 Å². The van der Waals surface area contributed by atoms with Crippen LogP contribution in [-0.4, -0.2) is 36.6 Å². The molecule has 0 N–H and O–H groups in total. The molecule has 0 spiro atoms. The van der Waals surface area contributed by atoms with Gasteiger partial charge in [-0.25, -0.2) is 0 Å². The Labute approximate surface area is 83.4 Å². The topological polar surface area (TPSA) is 53.3 Å². The molecule has 1 saturated heterocycles. The van der Waals surface area contributed by atoms with Crippen molar-refractivity contribution in [1.29, 1.82) is 5.26 Å². The molecule has 1 aliphatic carbocycles. The maximum Gasteiger partial charge on any atom is 0.228 e. The van der Waals surface area contributed by atoms with E-state index >= 15 is 0 Å². The Hall–Kier alpha value is -1.08. The zero-order valence-corrected chi connectivity index (χ0v) is 8.32. The van der Waals surface area contributed by atoms with Gasteiger partial charge < -0.3 is 9.64 Å². The van der Waals surface area contributed by atoms with Gasteiger partial charge in [0.1, 0.15) is 0 Å². The van der Waals surface area contributed by atoms with Gasteiger partial charge in [0, 0.05) is 12.0 Å². The Balaban J connectivity index is 1.98. The van der Waals surface area contributed by atoms with Gasteiger partial charge in [0.15, 0.2) is 6.10 Å². The molecule has 1 saturated carbocycles. The fourth-order valence-corrected chi connectivity index (χ4v) is 1.69. The summed E-state index contributed by atoms with van der Waals surface area (Å²) in [7, 11) is 0. The largest absolute Gasteiger partial charge is 0.360 e. The van der Waals surface area contributed by atoms with Crippen LogP contribution in [-0.2, 0) is 9.53 Å². The minimum absolute atomic E-state index is 0.128. The molecule has 0 aromatic heterocycles. The van der Waals surface area contributed by atoms with Crippen LogP contribution in [0.4, 0.5) is 0 Å². The van der Waals surface area contributed by atoms with Crippen molar-refractivity contribution in [2.45, 2.75) is 25.9 Å². The third kappa shape index (κ3) is 1.60. The second-order valence-corrected chi connectivity index (χ2v) is 4.30. The lowest BCUT2D eigenvalue weighted by molar-refractivity contribution is -0.142. The van der Waals surface area contributed by atoms with E-state index in [-0.39, 0.29) is 11.3 Å². The molecule has 4 heteroatoms. The average Bonchev–Trinajstić information content (AvgIpc) is 2.97. The lowest BCUT2D eigenvalue weighted by atomic mass is 10.1. The first-order valence-electron chi connectivity index (χ1n) is 4.96. The van der Waals surface area contributed by atoms with Crippen molar-refractivity contribution in [2.24, 2.45) is 5.41 Å². The molecule has 1 unspecified atom stereocenters. The summed E-state index contributed by atoms with van der Waals surface area (Å²) in [6, 6.07) is 2.04. The van der Waals surface area contributed by atoms with E-state index < -0.39 is 6.10 Å². The minimum atomic E-state index is -0.435. The fraction of sp³-hybridized carbons (Fsp3) is 0.800. The molecule has 2 fully saturated rings. The summed E-state index contributed by atoms with van der Waals surface area (Å²) in [6.07, 6.45) is 1.54. The molecule has 0 radical (unpaired) electrons. The van der Waals surface area contributed by atoms with E-state index in [1.54, 1.807) is 4.90 Å². The Kier molecular flexibility index (Phi) is 2.20. The summed E-state index contributed by atoms with van der Waals surface area (Å²) < 4.78 is 5.19. The van der Waals surface area contributed by atoms with Crippen LogP contribution < -0.4 is 0 Å². The lowest BCUT2D eigenvalue weighted by Crippen LogP contribution is -2.47. The Morgan fingerprint density at radius 3 is 2.93 bits per heavy atom. The predicted molar refractivity (Wildman–Crippen MR) is 49.3 cm³/mol. The van der Waals surface area contributed by atoms with Crippen molar-refractivity contribution in [2.75, 3.05) is 19.7 Å². The second kappa shape index (κ2) is 3.25. The normalized spacial score (nSPS) is 29.4. The molecule has 2 rings (SSSR count). The van der Waals surface area contributed by atoms with Crippen LogP contribution >= 0.6 is 0 Å². The van der Waals surface area contributed by atoms with Crippen molar-refractivity contribution in [3.63, 3.8) is 0 Å². The van der Waals surface area contributed by atoms with Crippen LogP contribution in [0.5, 0.6) is 0 Å². The summed E-state index contributed by atoms with van der Waals surface area (Å²) in [5.41, 5.74) is -0.128. The summed E-state index contributed by atoms with van der Waals surface area (Å²) in [5.74, 6) is 0.195. The number of morpholine rings is 1. The van der Waals surface area contributed by atoms with E-state index in [0.717, 1.165) is 12.8 Å². The smallest absolute Gasteiger partial charge is 0.228 e. The number of nitrogens with zero attached hydrogens (tertiary/aromatic N) is 2. The first-order valence-corrected chi connectivity index (χ1v) is 4.96. The zero-order chi connectivity index (χ0) is 10.2. The van der Waals surface area contributed by atoms with Gasteiger partial charge in [0.05, 0.1) is 19.2 Å². The first kappa shape index (κ1) is 9.47. The zero-order valence-electron chi connectivity index (χ0n) is 8.32. The van der Waals surface area contributed by atoms with Crippen LogP contribution in [0.2, 0.25) is 0 Å². The molecule has 1 aliphatic heterocycles. The van der Waals surface area contributed by atoms with Crippen molar-refractivity contribution in [3.05, 3.63) is 0 Å². The molecule has 0 aromatic rings. The highest BCUT2D eigenvalue weighted by molar-refractivity contribution is 5.85. The Morgan fingerprint density at radius 2 is 2.36 bits per heavy atom. The molecule has 2 aliphatic rings. The third-order valence-electron chi connectivity index (χ3n) is 3.01. The lowest BCUT2D eigenvalue weighted by Gasteiger charge is -2.31. The van der Waals surface area contributed by atoms with E-state index in [1.807, 2.05) is 13.0 Å². The van der Waals surface area contributed by atoms with Crippen LogP contribution in [0, 0.1) is 16.7 Å². The highest BCUT2D eigenvalue weighted by atomic mass is 16.5.